The van der Waals surface area contributed by atoms with Crippen LogP contribution in [0.25, 0.3) is 90.6 Å². The quantitative estimate of drug-likeness (QED) is 0.163. The van der Waals surface area contributed by atoms with Gasteiger partial charge in [0.1, 0.15) is 5.84 Å². The number of nitrogens with zero attached hydrogens (tertiary/aromatic N) is 2. The van der Waals surface area contributed by atoms with Gasteiger partial charge in [-0.3, -0.25) is 4.57 Å². The van der Waals surface area contributed by atoms with Crippen molar-refractivity contribution < 1.29 is 0 Å². The second-order valence-electron chi connectivity index (χ2n) is 14.2. The van der Waals surface area contributed by atoms with Gasteiger partial charge in [0.2, 0.25) is 0 Å². The average Bonchev–Trinajstić information content (AvgIpc) is 3.68. The lowest BCUT2D eigenvalue weighted by atomic mass is 9.97. The third-order valence-electron chi connectivity index (χ3n) is 11.4. The molecular formula is C50H30N2S. The van der Waals surface area contributed by atoms with E-state index in [1.54, 1.807) is 0 Å². The first kappa shape index (κ1) is 29.1. The molecule has 1 aliphatic rings. The van der Waals surface area contributed by atoms with Gasteiger partial charge in [-0.05, 0) is 79.5 Å². The van der Waals surface area contributed by atoms with Crippen molar-refractivity contribution in [3.05, 3.63) is 181 Å². The SMILES string of the molecule is C1=C(c2ccc3ccccc3c2)C(n2c3ccccc3c3c4ccccc4c4c5cc6ccccc6cc5sc4c32)=Nc2c(ccc3ccccc23)C1. The molecule has 0 radical (unpaired) electrons. The standard InChI is InChI=1S/C50H30N2S/c1-2-13-33-27-36(24-21-30(33)11-1)38-26-25-32-23-22-31-12-5-6-16-37(31)47(32)51-50(38)52-43-20-10-9-19-41(43)45-39-17-7-8-18-40(39)46-42-28-34-14-3-4-15-35(34)29-44(42)53-49(46)48(45)52/h1-24,26-29H,25H2. The van der Waals surface area contributed by atoms with Crippen molar-refractivity contribution in [3.8, 4) is 0 Å². The van der Waals surface area contributed by atoms with Crippen LogP contribution < -0.4 is 0 Å². The normalized spacial score (nSPS) is 13.4. The fourth-order valence-corrected chi connectivity index (χ4v) is 10.2. The summed E-state index contributed by atoms with van der Waals surface area (Å²) in [4.78, 5) is 5.85. The number of hydrogen-bond acceptors (Lipinski definition) is 2. The Bertz CT molecular complexity index is 3430. The molecule has 9 aromatic carbocycles. The number of aliphatic imine (C=N–C) groups is 1. The van der Waals surface area contributed by atoms with E-state index in [1.807, 2.05) is 11.3 Å². The minimum atomic E-state index is 0.792. The van der Waals surface area contributed by atoms with E-state index >= 15 is 0 Å². The zero-order chi connectivity index (χ0) is 34.6. The Kier molecular flexibility index (Phi) is 6.02. The van der Waals surface area contributed by atoms with Crippen LogP contribution in [0.15, 0.2) is 175 Å². The first-order chi connectivity index (χ1) is 26.3. The monoisotopic (exact) mass is 690 g/mol. The van der Waals surface area contributed by atoms with E-state index in [1.165, 1.54) is 90.7 Å². The molecule has 0 amide bonds. The molecule has 2 nitrogen and oxygen atoms in total. The van der Waals surface area contributed by atoms with Crippen molar-refractivity contribution in [2.75, 3.05) is 0 Å². The topological polar surface area (TPSA) is 17.3 Å². The van der Waals surface area contributed by atoms with E-state index in [9.17, 15) is 0 Å². The van der Waals surface area contributed by atoms with E-state index in [4.69, 9.17) is 4.99 Å². The molecule has 0 atom stereocenters. The molecule has 53 heavy (non-hydrogen) atoms. The predicted octanol–water partition coefficient (Wildman–Crippen LogP) is 14.0. The van der Waals surface area contributed by atoms with Crippen LogP contribution >= 0.6 is 11.3 Å². The van der Waals surface area contributed by atoms with E-state index in [0.717, 1.165) is 29.0 Å². The Hall–Kier alpha value is -6.55. The fraction of sp³-hybridized carbons (Fsp3) is 0.0200. The van der Waals surface area contributed by atoms with Gasteiger partial charge in [-0.25, -0.2) is 4.99 Å². The van der Waals surface area contributed by atoms with Crippen molar-refractivity contribution in [1.29, 1.82) is 0 Å². The van der Waals surface area contributed by atoms with Gasteiger partial charge in [0.05, 0.1) is 21.4 Å². The zero-order valence-electron chi connectivity index (χ0n) is 28.7. The molecule has 0 fully saturated rings. The van der Waals surface area contributed by atoms with Gasteiger partial charge in [-0.1, -0.05) is 146 Å². The number of rotatable bonds is 1. The molecule has 2 aromatic heterocycles. The van der Waals surface area contributed by atoms with Crippen molar-refractivity contribution in [2.45, 2.75) is 6.42 Å². The van der Waals surface area contributed by atoms with Gasteiger partial charge in [0.15, 0.2) is 0 Å². The smallest absolute Gasteiger partial charge is 0.145 e. The summed E-state index contributed by atoms with van der Waals surface area (Å²) in [6.45, 7) is 0. The first-order valence-corrected chi connectivity index (χ1v) is 19.1. The molecule has 0 saturated carbocycles. The Morgan fingerprint density at radius 1 is 0.491 bits per heavy atom. The molecule has 0 aliphatic carbocycles. The number of thiophene rings is 1. The van der Waals surface area contributed by atoms with E-state index < -0.39 is 0 Å². The fourth-order valence-electron chi connectivity index (χ4n) is 8.92. The second-order valence-corrected chi connectivity index (χ2v) is 15.3. The molecule has 0 unspecified atom stereocenters. The van der Waals surface area contributed by atoms with Crippen molar-refractivity contribution >= 4 is 114 Å². The summed E-state index contributed by atoms with van der Waals surface area (Å²) >= 11 is 1.91. The Balaban J connectivity index is 1.29. The highest BCUT2D eigenvalue weighted by Gasteiger charge is 2.27. The summed E-state index contributed by atoms with van der Waals surface area (Å²) in [5.41, 5.74) is 6.99. The second kappa shape index (κ2) is 11.0. The van der Waals surface area contributed by atoms with Crippen LogP contribution in [0.3, 0.4) is 0 Å². The summed E-state index contributed by atoms with van der Waals surface area (Å²) in [5, 5.41) is 15.1. The third kappa shape index (κ3) is 4.17. The van der Waals surface area contributed by atoms with Gasteiger partial charge in [-0.2, -0.15) is 0 Å². The third-order valence-corrected chi connectivity index (χ3v) is 12.5. The van der Waals surface area contributed by atoms with Crippen molar-refractivity contribution in [1.82, 2.24) is 4.57 Å². The van der Waals surface area contributed by atoms with Crippen LogP contribution in [0.4, 0.5) is 5.69 Å². The van der Waals surface area contributed by atoms with Gasteiger partial charge in [0.25, 0.3) is 0 Å². The maximum absolute atomic E-state index is 5.85. The van der Waals surface area contributed by atoms with Gasteiger partial charge in [0, 0.05) is 37.2 Å². The number of hydrogen-bond donors (Lipinski definition) is 0. The Morgan fingerprint density at radius 2 is 1.11 bits per heavy atom. The largest absolute Gasteiger partial charge is 0.292 e. The lowest BCUT2D eigenvalue weighted by Crippen LogP contribution is -2.14. The Morgan fingerprint density at radius 3 is 1.92 bits per heavy atom. The number of para-hydroxylation sites is 1. The van der Waals surface area contributed by atoms with Crippen LogP contribution in [-0.4, -0.2) is 10.4 Å². The number of benzene rings is 9. The molecule has 3 heterocycles. The van der Waals surface area contributed by atoms with Crippen LogP contribution in [0.2, 0.25) is 0 Å². The zero-order valence-corrected chi connectivity index (χ0v) is 29.5. The number of fused-ring (bicyclic) bond motifs is 15. The summed E-state index contributed by atoms with van der Waals surface area (Å²) in [6, 6.07) is 60.2. The summed E-state index contributed by atoms with van der Waals surface area (Å²) < 4.78 is 5.10. The van der Waals surface area contributed by atoms with E-state index in [2.05, 4.69) is 174 Å². The maximum Gasteiger partial charge on any atom is 0.145 e. The highest BCUT2D eigenvalue weighted by Crippen LogP contribution is 2.49. The van der Waals surface area contributed by atoms with Crippen LogP contribution in [0.1, 0.15) is 11.1 Å². The highest BCUT2D eigenvalue weighted by atomic mass is 32.1. The van der Waals surface area contributed by atoms with Crippen LogP contribution in [-0.2, 0) is 6.42 Å². The number of aromatic nitrogens is 1. The van der Waals surface area contributed by atoms with Gasteiger partial charge in [-0.15, -0.1) is 11.3 Å². The molecule has 11 aromatic rings. The van der Waals surface area contributed by atoms with E-state index in [-0.39, 0.29) is 0 Å². The van der Waals surface area contributed by atoms with Gasteiger partial charge >= 0.3 is 0 Å². The van der Waals surface area contributed by atoms with Crippen molar-refractivity contribution in [3.63, 3.8) is 0 Å². The highest BCUT2D eigenvalue weighted by molar-refractivity contribution is 7.27. The molecule has 0 bridgehead atoms. The minimum absolute atomic E-state index is 0.792. The molecule has 0 spiro atoms. The first-order valence-electron chi connectivity index (χ1n) is 18.3. The Labute approximate surface area is 309 Å². The predicted molar refractivity (Wildman–Crippen MR) is 229 cm³/mol. The summed E-state index contributed by atoms with van der Waals surface area (Å²) in [6.07, 6.45) is 3.21. The lowest BCUT2D eigenvalue weighted by Gasteiger charge is -2.17. The molecular weight excluding hydrogens is 661 g/mol. The maximum atomic E-state index is 5.85. The molecule has 0 saturated heterocycles. The summed E-state index contributed by atoms with van der Waals surface area (Å²) in [5.74, 6) is 0.959. The molecule has 0 N–H and O–H groups in total. The average molecular weight is 691 g/mol. The van der Waals surface area contributed by atoms with E-state index in [0.29, 0.717) is 0 Å². The lowest BCUT2D eigenvalue weighted by molar-refractivity contribution is 1.27. The van der Waals surface area contributed by atoms with Crippen LogP contribution in [0.5, 0.6) is 0 Å². The molecule has 1 aliphatic heterocycles. The number of allylic oxidation sites excluding steroid dienone is 2. The van der Waals surface area contributed by atoms with Crippen molar-refractivity contribution in [2.24, 2.45) is 4.99 Å². The summed E-state index contributed by atoms with van der Waals surface area (Å²) in [7, 11) is 0. The molecule has 12 rings (SSSR count). The molecule has 246 valence electrons. The molecule has 3 heteroatoms. The van der Waals surface area contributed by atoms with Gasteiger partial charge < -0.3 is 0 Å². The minimum Gasteiger partial charge on any atom is -0.292 e. The van der Waals surface area contributed by atoms with Crippen LogP contribution in [0, 0.1) is 0 Å².